The monoisotopic (exact) mass is 2090 g/mol. The Bertz CT molecular complexity index is 7730. The summed E-state index contributed by atoms with van der Waals surface area (Å²) < 4.78 is 52.9. The van der Waals surface area contributed by atoms with Crippen LogP contribution in [0.1, 0.15) is 32.1 Å². The van der Waals surface area contributed by atoms with Gasteiger partial charge in [0, 0.05) is 117 Å². The minimum atomic E-state index is -0.406. The van der Waals surface area contributed by atoms with Crippen LogP contribution >= 0.6 is 23.2 Å². The Kier molecular flexibility index (Phi) is 41.7. The quantitative estimate of drug-likeness (QED) is 0.0172. The number of methoxy groups -OCH3 is 9. The number of halogens is 2. The van der Waals surface area contributed by atoms with Crippen LogP contribution in [0.5, 0.6) is 51.7 Å². The fraction of sp³-hybridized carbons (Fsp3) is 0.231. The Hall–Kier alpha value is -18.6. The standard InChI is InChI=1S/C22H24N4O6.C21H21ClN4O5.C21H22N4O5.C20H19ClN4O4.C20H20N4O4/c1-30-17-10-14(11-18(31-2)21(17)32-3)25-19(27)8-9-23-20(28)12-26-13-24-16-7-5-4-6-15(16)22(26)29;1-30-17-10-18(31-2)16(9-14(17)22)25-19(27)7-8-23-20(28)11-26-12-24-15-6-4-3-5-13(15)21(26)29;1-29-17-8-7-14(11-18(17)30-2)24-19(26)9-10-22-20(27)12-25-13-23-16-6-4-3-5-15(16)21(25)28;1-29-17-7-6-13(21)10-16(17)24-18(26)8-9-22-19(27)11-25-12-23-15-5-3-2-4-14(15)20(25)28;1-28-15-6-4-5-14(11-15)23-18(25)9-10-21-19(26)12-24-13-22-17-8-3-2-7-16(17)20(24)27/h4-7,10-11,13H,8-9,12H2,1-3H3,(H,23,28)(H,25,27);3-6,9-10,12H,7-8,11H2,1-2H3,(H,23,28)(H,25,27);3-8,11,13H,9-10,12H2,1-2H3,(H,22,27)(H,24,26);2-7,10,12H,8-9,11H2,1H3,(H,22,27)(H,24,26);2-8,11,13H,9-10,12H2,1H3,(H,21,26)(H,23,25). The Morgan fingerprint density at radius 2 is 0.547 bits per heavy atom. The molecule has 10 N–H and O–H groups in total. The summed E-state index contributed by atoms with van der Waals surface area (Å²) >= 11 is 12.0. The van der Waals surface area contributed by atoms with Crippen molar-refractivity contribution >= 4 is 165 Å². The molecule has 0 bridgehead atoms. The van der Waals surface area contributed by atoms with Crippen LogP contribution in [0.4, 0.5) is 28.4 Å². The number of hydrogen-bond donors (Lipinski definition) is 10. The Morgan fingerprint density at radius 1 is 0.253 bits per heavy atom. The fourth-order valence-electron chi connectivity index (χ4n) is 14.3. The number of fused-ring (bicyclic) bond motifs is 5. The van der Waals surface area contributed by atoms with Crippen molar-refractivity contribution in [2.45, 2.75) is 64.8 Å². The van der Waals surface area contributed by atoms with E-state index in [1.54, 1.807) is 207 Å². The molecule has 0 fully saturated rings. The van der Waals surface area contributed by atoms with E-state index in [-0.39, 0.29) is 167 Å². The third kappa shape index (κ3) is 32.2. The summed E-state index contributed by atoms with van der Waals surface area (Å²) in [6.07, 6.45) is 6.97. The van der Waals surface area contributed by atoms with Gasteiger partial charge in [-0.3, -0.25) is 94.8 Å². The van der Waals surface area contributed by atoms with Crippen LogP contribution < -0.4 is 124 Å². The lowest BCUT2D eigenvalue weighted by Crippen LogP contribution is -2.34. The normalized spacial score (nSPS) is 10.5. The van der Waals surface area contributed by atoms with E-state index < -0.39 is 17.7 Å². The molecule has 10 aromatic carbocycles. The maximum atomic E-state index is 12.4. The van der Waals surface area contributed by atoms with Gasteiger partial charge in [0.15, 0.2) is 23.0 Å². The van der Waals surface area contributed by atoms with Crippen LogP contribution in [0.25, 0.3) is 54.5 Å². The number of para-hydroxylation sites is 5. The number of nitrogens with zero attached hydrogens (tertiary/aromatic N) is 10. The van der Waals surface area contributed by atoms with Crippen molar-refractivity contribution in [1.82, 2.24) is 74.3 Å². The topological polar surface area (TPSA) is 549 Å². The molecule has 0 saturated heterocycles. The van der Waals surface area contributed by atoms with Crippen LogP contribution in [0, 0.1) is 0 Å². The molecular formula is C104H106Cl2N20O24. The molecule has 0 aliphatic rings. The van der Waals surface area contributed by atoms with Crippen LogP contribution in [-0.4, -0.2) is 204 Å². The molecule has 10 amide bonds. The van der Waals surface area contributed by atoms with Gasteiger partial charge in [0.1, 0.15) is 55.7 Å². The highest BCUT2D eigenvalue weighted by Gasteiger charge is 2.21. The van der Waals surface area contributed by atoms with E-state index in [1.165, 1.54) is 117 Å². The summed E-state index contributed by atoms with van der Waals surface area (Å²) in [4.78, 5) is 204. The summed E-state index contributed by atoms with van der Waals surface area (Å²) in [6.45, 7) is -0.299. The van der Waals surface area contributed by atoms with E-state index in [0.717, 1.165) is 0 Å². The van der Waals surface area contributed by atoms with Crippen molar-refractivity contribution in [2.75, 3.05) is 123 Å². The van der Waals surface area contributed by atoms with E-state index in [2.05, 4.69) is 78.1 Å². The highest BCUT2D eigenvalue weighted by Crippen LogP contribution is 2.41. The maximum Gasteiger partial charge on any atom is 0.261 e. The number of carbonyl (C=O) groups is 10. The van der Waals surface area contributed by atoms with Gasteiger partial charge < -0.3 is 95.8 Å². The van der Waals surface area contributed by atoms with Gasteiger partial charge in [0.25, 0.3) is 27.8 Å². The predicted molar refractivity (Wildman–Crippen MR) is 562 cm³/mol. The fourth-order valence-corrected chi connectivity index (χ4v) is 14.7. The number of anilines is 5. The smallest absolute Gasteiger partial charge is 0.261 e. The van der Waals surface area contributed by atoms with Crippen LogP contribution in [0.3, 0.4) is 0 Å². The lowest BCUT2D eigenvalue weighted by Gasteiger charge is -2.14. The summed E-state index contributed by atoms with van der Waals surface area (Å²) in [5.41, 5.74) is 3.86. The first-order chi connectivity index (χ1) is 72.4. The number of nitrogens with one attached hydrogen (secondary N) is 10. The molecule has 44 nitrogen and oxygen atoms in total. The molecule has 780 valence electrons. The number of aromatic nitrogens is 10. The molecule has 0 saturated carbocycles. The number of ether oxygens (including phenoxy) is 9. The van der Waals surface area contributed by atoms with E-state index in [9.17, 15) is 71.9 Å². The SMILES string of the molecule is COc1cc(NC(=O)CCNC(=O)Cn2cnc3ccccc3c2=O)cc(OC)c1OC.COc1cc(OC)c(NC(=O)CCNC(=O)Cn2cnc3ccccc3c2=O)cc1Cl.COc1ccc(Cl)cc1NC(=O)CCNC(=O)Cn1cnc2ccccc2c1=O.COc1ccc(NC(=O)CCNC(=O)Cn2cnc3ccccc3c2=O)cc1OC.COc1cccc(NC(=O)CCNC(=O)Cn2cnc3ccccc3c2=O)c1. The summed E-state index contributed by atoms with van der Waals surface area (Å²) in [5, 5.41) is 29.7. The van der Waals surface area contributed by atoms with Crippen molar-refractivity contribution < 1.29 is 90.6 Å². The zero-order valence-electron chi connectivity index (χ0n) is 82.6. The summed E-state index contributed by atoms with van der Waals surface area (Å²) in [6, 6.07) is 57.8. The molecule has 5 heterocycles. The van der Waals surface area contributed by atoms with Crippen LogP contribution in [-0.2, 0) is 80.7 Å². The van der Waals surface area contributed by atoms with Crippen LogP contribution in [0.15, 0.2) is 262 Å². The Labute approximate surface area is 865 Å². The average Bonchev–Trinajstić information content (AvgIpc) is 0.787. The lowest BCUT2D eigenvalue weighted by molar-refractivity contribution is -0.123. The van der Waals surface area contributed by atoms with Gasteiger partial charge in [0.05, 0.1) is 167 Å². The molecular weight excluding hydrogens is 1980 g/mol. The highest BCUT2D eigenvalue weighted by atomic mass is 35.5. The minimum absolute atomic E-state index is 0.0173. The van der Waals surface area contributed by atoms with Gasteiger partial charge in [-0.25, -0.2) is 24.9 Å². The largest absolute Gasteiger partial charge is 0.497 e. The summed E-state index contributed by atoms with van der Waals surface area (Å²) in [5.74, 6) is 0.793. The number of amides is 10. The van der Waals surface area contributed by atoms with E-state index >= 15 is 0 Å². The number of benzene rings is 10. The molecule has 15 rings (SSSR count). The van der Waals surface area contributed by atoms with Crippen molar-refractivity contribution in [3.63, 3.8) is 0 Å². The van der Waals surface area contributed by atoms with Crippen molar-refractivity contribution in [1.29, 1.82) is 0 Å². The maximum absolute atomic E-state index is 12.4. The van der Waals surface area contributed by atoms with Crippen molar-refractivity contribution in [3.05, 3.63) is 300 Å². The van der Waals surface area contributed by atoms with Gasteiger partial charge in [-0.2, -0.15) is 0 Å². The van der Waals surface area contributed by atoms with E-state index in [0.29, 0.717) is 145 Å². The third-order valence-electron chi connectivity index (χ3n) is 21.8. The molecule has 0 radical (unpaired) electrons. The zero-order valence-corrected chi connectivity index (χ0v) is 84.2. The highest BCUT2D eigenvalue weighted by molar-refractivity contribution is 6.32. The molecule has 0 spiro atoms. The molecule has 5 aromatic heterocycles. The second kappa shape index (κ2) is 56.0. The first-order valence-corrected chi connectivity index (χ1v) is 46.7. The lowest BCUT2D eigenvalue weighted by atomic mass is 10.2. The molecule has 0 aliphatic carbocycles. The number of rotatable bonds is 39. The van der Waals surface area contributed by atoms with Crippen LogP contribution in [0.2, 0.25) is 10.0 Å². The summed E-state index contributed by atoms with van der Waals surface area (Å²) in [7, 11) is 13.5. The Balaban J connectivity index is 0.000000178. The van der Waals surface area contributed by atoms with Crippen molar-refractivity contribution in [3.8, 4) is 51.7 Å². The molecule has 0 unspecified atom stereocenters. The zero-order chi connectivity index (χ0) is 108. The van der Waals surface area contributed by atoms with Crippen molar-refractivity contribution in [2.24, 2.45) is 0 Å². The van der Waals surface area contributed by atoms with Gasteiger partial charge in [-0.05, 0) is 109 Å². The average molecular weight is 2090 g/mol. The molecule has 0 atom stereocenters. The molecule has 15 aromatic rings. The van der Waals surface area contributed by atoms with Gasteiger partial charge in [-0.1, -0.05) is 89.9 Å². The van der Waals surface area contributed by atoms with E-state index in [1.807, 2.05) is 0 Å². The van der Waals surface area contributed by atoms with Gasteiger partial charge in [0.2, 0.25) is 64.8 Å². The second-order valence-corrected chi connectivity index (χ2v) is 32.8. The van der Waals surface area contributed by atoms with Gasteiger partial charge in [-0.15, -0.1) is 0 Å². The van der Waals surface area contributed by atoms with Gasteiger partial charge >= 0.3 is 0 Å². The third-order valence-corrected chi connectivity index (χ3v) is 22.3. The minimum Gasteiger partial charge on any atom is -0.497 e. The second-order valence-electron chi connectivity index (χ2n) is 32.0. The molecule has 0 aliphatic heterocycles. The first-order valence-electron chi connectivity index (χ1n) is 45.9. The number of hydrogen-bond acceptors (Lipinski definition) is 29. The Morgan fingerprint density at radius 3 is 0.867 bits per heavy atom. The predicted octanol–water partition coefficient (Wildman–Crippen LogP) is 9.09. The van der Waals surface area contributed by atoms with E-state index in [4.69, 9.17) is 65.8 Å². The first kappa shape index (κ1) is 112. The number of carbonyl (C=O) groups excluding carboxylic acids is 10. The molecule has 46 heteroatoms. The molecule has 150 heavy (non-hydrogen) atoms.